The second kappa shape index (κ2) is 5.83. The molecule has 3 nitrogen and oxygen atoms in total. The fourth-order valence-corrected chi connectivity index (χ4v) is 2.31. The van der Waals surface area contributed by atoms with Gasteiger partial charge in [0.05, 0.1) is 0 Å². The van der Waals surface area contributed by atoms with E-state index in [4.69, 9.17) is 5.11 Å². The molecule has 0 atom stereocenters. The molecule has 1 aliphatic carbocycles. The molecule has 0 bridgehead atoms. The first-order valence-corrected chi connectivity index (χ1v) is 6.45. The van der Waals surface area contributed by atoms with Crippen molar-refractivity contribution < 1.29 is 5.11 Å². The summed E-state index contributed by atoms with van der Waals surface area (Å²) in [6.07, 6.45) is 6.40. The number of rotatable bonds is 6. The quantitative estimate of drug-likeness (QED) is 0.684. The Balaban J connectivity index is 1.54. The smallest absolute Gasteiger partial charge is 0.0443 e. The minimum atomic E-state index is 0.333. The normalized spacial score (nSPS) is 24.6. The van der Waals surface area contributed by atoms with Crippen molar-refractivity contribution in [1.82, 2.24) is 10.2 Å². The lowest BCUT2D eigenvalue weighted by Gasteiger charge is -2.32. The Morgan fingerprint density at radius 1 is 1.13 bits per heavy atom. The van der Waals surface area contributed by atoms with Crippen LogP contribution in [0.1, 0.15) is 32.1 Å². The first-order valence-electron chi connectivity index (χ1n) is 6.45. The molecule has 1 saturated heterocycles. The van der Waals surface area contributed by atoms with Gasteiger partial charge in [0.1, 0.15) is 0 Å². The standard InChI is InChI=1S/C12H24N2O/c15-9-1-6-14-7-4-12(5-8-14)13-10-11-2-3-11/h11-13,15H,1-10H2. The van der Waals surface area contributed by atoms with Gasteiger partial charge >= 0.3 is 0 Å². The van der Waals surface area contributed by atoms with Crippen molar-refractivity contribution in [2.24, 2.45) is 5.92 Å². The van der Waals surface area contributed by atoms with E-state index in [2.05, 4.69) is 10.2 Å². The fourth-order valence-electron chi connectivity index (χ4n) is 2.31. The Kier molecular flexibility index (Phi) is 4.42. The Bertz CT molecular complexity index is 174. The molecule has 1 heterocycles. The second-order valence-corrected chi connectivity index (χ2v) is 5.04. The van der Waals surface area contributed by atoms with Crippen molar-refractivity contribution in [1.29, 1.82) is 0 Å². The average molecular weight is 212 g/mol. The van der Waals surface area contributed by atoms with Crippen LogP contribution in [0.4, 0.5) is 0 Å². The topological polar surface area (TPSA) is 35.5 Å². The summed E-state index contributed by atoms with van der Waals surface area (Å²) in [6, 6.07) is 0.760. The highest BCUT2D eigenvalue weighted by atomic mass is 16.3. The Hall–Kier alpha value is -0.120. The van der Waals surface area contributed by atoms with Crippen molar-refractivity contribution in [3.8, 4) is 0 Å². The van der Waals surface area contributed by atoms with Gasteiger partial charge in [-0.15, -0.1) is 0 Å². The van der Waals surface area contributed by atoms with Crippen molar-refractivity contribution in [2.75, 3.05) is 32.8 Å². The van der Waals surface area contributed by atoms with E-state index < -0.39 is 0 Å². The number of nitrogens with one attached hydrogen (secondary N) is 1. The van der Waals surface area contributed by atoms with Gasteiger partial charge in [-0.05, 0) is 57.7 Å². The third-order valence-corrected chi connectivity index (χ3v) is 3.61. The molecule has 3 heteroatoms. The summed E-state index contributed by atoms with van der Waals surface area (Å²) in [4.78, 5) is 2.48. The number of likely N-dealkylation sites (tertiary alicyclic amines) is 1. The summed E-state index contributed by atoms with van der Waals surface area (Å²) < 4.78 is 0. The summed E-state index contributed by atoms with van der Waals surface area (Å²) in [5, 5.41) is 12.4. The van der Waals surface area contributed by atoms with Crippen LogP contribution >= 0.6 is 0 Å². The van der Waals surface area contributed by atoms with E-state index in [1.807, 2.05) is 0 Å². The number of hydrogen-bond acceptors (Lipinski definition) is 3. The zero-order valence-electron chi connectivity index (χ0n) is 9.62. The minimum absolute atomic E-state index is 0.333. The van der Waals surface area contributed by atoms with E-state index in [-0.39, 0.29) is 0 Å². The Labute approximate surface area is 92.8 Å². The molecule has 0 radical (unpaired) electrons. The molecule has 2 N–H and O–H groups in total. The van der Waals surface area contributed by atoms with Crippen LogP contribution in [0.5, 0.6) is 0 Å². The first kappa shape index (κ1) is 11.4. The van der Waals surface area contributed by atoms with Crippen molar-refractivity contribution in [3.05, 3.63) is 0 Å². The lowest BCUT2D eigenvalue weighted by atomic mass is 10.0. The van der Waals surface area contributed by atoms with Crippen LogP contribution in [0, 0.1) is 5.92 Å². The minimum Gasteiger partial charge on any atom is -0.396 e. The van der Waals surface area contributed by atoms with Gasteiger partial charge in [0.2, 0.25) is 0 Å². The molecule has 88 valence electrons. The molecule has 0 aromatic carbocycles. The third-order valence-electron chi connectivity index (χ3n) is 3.61. The molecular formula is C12H24N2O. The van der Waals surface area contributed by atoms with Gasteiger partial charge in [0.25, 0.3) is 0 Å². The largest absolute Gasteiger partial charge is 0.396 e. The predicted molar refractivity (Wildman–Crippen MR) is 61.9 cm³/mol. The van der Waals surface area contributed by atoms with Gasteiger partial charge in [0, 0.05) is 19.2 Å². The maximum atomic E-state index is 8.76. The van der Waals surface area contributed by atoms with E-state index >= 15 is 0 Å². The van der Waals surface area contributed by atoms with E-state index in [0.717, 1.165) is 24.9 Å². The molecule has 0 amide bonds. The highest BCUT2D eigenvalue weighted by Gasteiger charge is 2.24. The molecule has 2 aliphatic rings. The molecule has 15 heavy (non-hydrogen) atoms. The van der Waals surface area contributed by atoms with Gasteiger partial charge in [-0.25, -0.2) is 0 Å². The monoisotopic (exact) mass is 212 g/mol. The molecule has 0 aromatic heterocycles. The highest BCUT2D eigenvalue weighted by molar-refractivity contribution is 4.81. The maximum Gasteiger partial charge on any atom is 0.0443 e. The van der Waals surface area contributed by atoms with E-state index in [1.165, 1.54) is 45.3 Å². The third kappa shape index (κ3) is 4.09. The SMILES string of the molecule is OCCCN1CCC(NCC2CC2)CC1. The van der Waals surface area contributed by atoms with Gasteiger partial charge in [0.15, 0.2) is 0 Å². The summed E-state index contributed by atoms with van der Waals surface area (Å²) in [5.41, 5.74) is 0. The predicted octanol–water partition coefficient (Wildman–Crippen LogP) is 0.833. The van der Waals surface area contributed by atoms with Crippen molar-refractivity contribution >= 4 is 0 Å². The molecule has 1 aliphatic heterocycles. The van der Waals surface area contributed by atoms with E-state index in [0.29, 0.717) is 6.61 Å². The summed E-state index contributed by atoms with van der Waals surface area (Å²) >= 11 is 0. The maximum absolute atomic E-state index is 8.76. The molecule has 0 aromatic rings. The first-order chi connectivity index (χ1) is 7.38. The van der Waals surface area contributed by atoms with Crippen molar-refractivity contribution in [2.45, 2.75) is 38.1 Å². The van der Waals surface area contributed by atoms with E-state index in [1.54, 1.807) is 0 Å². The average Bonchev–Trinajstić information content (AvgIpc) is 3.09. The molecule has 2 fully saturated rings. The number of nitrogens with zero attached hydrogens (tertiary/aromatic N) is 1. The number of hydrogen-bond donors (Lipinski definition) is 2. The lowest BCUT2D eigenvalue weighted by molar-refractivity contribution is 0.177. The zero-order chi connectivity index (χ0) is 10.5. The van der Waals surface area contributed by atoms with Crippen LogP contribution < -0.4 is 5.32 Å². The number of aliphatic hydroxyl groups excluding tert-OH is 1. The van der Waals surface area contributed by atoms with Crippen LogP contribution in [-0.4, -0.2) is 48.8 Å². The molecule has 0 spiro atoms. The molecule has 2 rings (SSSR count). The van der Waals surface area contributed by atoms with Crippen LogP contribution in [0.2, 0.25) is 0 Å². The lowest BCUT2D eigenvalue weighted by Crippen LogP contribution is -2.43. The zero-order valence-corrected chi connectivity index (χ0v) is 9.62. The van der Waals surface area contributed by atoms with Gasteiger partial charge in [-0.3, -0.25) is 0 Å². The Morgan fingerprint density at radius 3 is 2.47 bits per heavy atom. The highest BCUT2D eigenvalue weighted by Crippen LogP contribution is 2.28. The number of aliphatic hydroxyl groups is 1. The van der Waals surface area contributed by atoms with Gasteiger partial charge in [-0.2, -0.15) is 0 Å². The van der Waals surface area contributed by atoms with Crippen LogP contribution in [0.3, 0.4) is 0 Å². The number of piperidine rings is 1. The van der Waals surface area contributed by atoms with Crippen LogP contribution in [0.15, 0.2) is 0 Å². The van der Waals surface area contributed by atoms with E-state index in [9.17, 15) is 0 Å². The Morgan fingerprint density at radius 2 is 1.87 bits per heavy atom. The molecule has 1 saturated carbocycles. The second-order valence-electron chi connectivity index (χ2n) is 5.04. The summed E-state index contributed by atoms with van der Waals surface area (Å²) in [6.45, 7) is 5.08. The summed E-state index contributed by atoms with van der Waals surface area (Å²) in [7, 11) is 0. The van der Waals surface area contributed by atoms with Gasteiger partial charge in [-0.1, -0.05) is 0 Å². The van der Waals surface area contributed by atoms with Crippen LogP contribution in [0.25, 0.3) is 0 Å². The molecular weight excluding hydrogens is 188 g/mol. The van der Waals surface area contributed by atoms with Gasteiger partial charge < -0.3 is 15.3 Å². The molecule has 0 unspecified atom stereocenters. The van der Waals surface area contributed by atoms with Crippen LogP contribution in [-0.2, 0) is 0 Å². The van der Waals surface area contributed by atoms with Crippen molar-refractivity contribution in [3.63, 3.8) is 0 Å². The summed E-state index contributed by atoms with van der Waals surface area (Å²) in [5.74, 6) is 0.998. The fraction of sp³-hybridized carbons (Fsp3) is 1.00.